The van der Waals surface area contributed by atoms with Gasteiger partial charge in [0.05, 0.1) is 40.4 Å². The van der Waals surface area contributed by atoms with E-state index in [0.717, 1.165) is 36.3 Å². The molecule has 2 heterocycles. The number of rotatable bonds is 4. The van der Waals surface area contributed by atoms with Gasteiger partial charge in [0.1, 0.15) is 5.02 Å². The summed E-state index contributed by atoms with van der Waals surface area (Å²) in [5.74, 6) is -0.381. The van der Waals surface area contributed by atoms with Crippen molar-refractivity contribution < 1.29 is 9.90 Å². The molecule has 0 aliphatic heterocycles. The van der Waals surface area contributed by atoms with Crippen molar-refractivity contribution in [3.05, 3.63) is 33.0 Å². The first-order chi connectivity index (χ1) is 13.8. The second-order valence-electron chi connectivity index (χ2n) is 9.05. The molecular formula is C20H24ClN5O3. The molecule has 4 bridgehead atoms. The zero-order chi connectivity index (χ0) is 20.5. The Kier molecular flexibility index (Phi) is 4.07. The summed E-state index contributed by atoms with van der Waals surface area (Å²) < 4.78 is 1.40. The quantitative estimate of drug-likeness (QED) is 0.704. The van der Waals surface area contributed by atoms with Crippen LogP contribution in [0.3, 0.4) is 0 Å². The summed E-state index contributed by atoms with van der Waals surface area (Å²) in [6, 6.07) is 0. The van der Waals surface area contributed by atoms with E-state index < -0.39 is 23.0 Å². The number of nitrogens with one attached hydrogen (secondary N) is 2. The molecule has 2 aromatic heterocycles. The van der Waals surface area contributed by atoms with E-state index in [-0.39, 0.29) is 10.9 Å². The number of carboxylic acid groups (broad SMARTS) is 1. The number of aryl methyl sites for hydroxylation is 2. The summed E-state index contributed by atoms with van der Waals surface area (Å²) in [5, 5.41) is 24.7. The van der Waals surface area contributed by atoms with Crippen LogP contribution in [0.25, 0.3) is 0 Å². The van der Waals surface area contributed by atoms with Crippen molar-refractivity contribution in [2.75, 3.05) is 5.32 Å². The molecule has 4 saturated carbocycles. The molecule has 0 aromatic carbocycles. The summed E-state index contributed by atoms with van der Waals surface area (Å²) >= 11 is 6.47. The molecule has 8 nitrogen and oxygen atoms in total. The highest BCUT2D eigenvalue weighted by atomic mass is 35.5. The minimum Gasteiger partial charge on any atom is -0.481 e. The zero-order valence-corrected chi connectivity index (χ0v) is 17.2. The lowest BCUT2D eigenvalue weighted by molar-refractivity contribution is -0.168. The minimum atomic E-state index is -0.828. The fourth-order valence-electron chi connectivity index (χ4n) is 6.44. The average molecular weight is 418 g/mol. The van der Waals surface area contributed by atoms with E-state index in [1.165, 1.54) is 10.9 Å². The summed E-state index contributed by atoms with van der Waals surface area (Å²) in [5.41, 5.74) is 1.54. The summed E-state index contributed by atoms with van der Waals surface area (Å²) in [6.45, 7) is 3.72. The third-order valence-corrected chi connectivity index (χ3v) is 7.63. The van der Waals surface area contributed by atoms with Crippen LogP contribution in [0, 0.1) is 37.5 Å². The van der Waals surface area contributed by atoms with Crippen LogP contribution < -0.4 is 10.9 Å². The van der Waals surface area contributed by atoms with E-state index in [4.69, 9.17) is 11.6 Å². The number of carbonyl (C=O) groups is 1. The van der Waals surface area contributed by atoms with E-state index >= 15 is 0 Å². The number of carboxylic acids is 1. The lowest BCUT2D eigenvalue weighted by atomic mass is 9.48. The summed E-state index contributed by atoms with van der Waals surface area (Å²) in [7, 11) is 0. The standard InChI is InChI=1S/C20H24ClN5O3/c1-9-17(10(2)25-24-9)23-14-8-22-26(18(27)16(14)21)20-6-11-3-12(7-20)5-13(4-11)15(20)19(28)29/h8,11-13,15,23H,3-7H2,1-2H3,(H,24,25)(H,28,29)/t11-,12-,13?,15+,20?/m0/s1. The Hall–Kier alpha value is -2.35. The smallest absolute Gasteiger partial charge is 0.309 e. The van der Waals surface area contributed by atoms with E-state index in [1.54, 1.807) is 0 Å². The van der Waals surface area contributed by atoms with Crippen LogP contribution in [0.4, 0.5) is 11.4 Å². The van der Waals surface area contributed by atoms with Crippen molar-refractivity contribution in [3.63, 3.8) is 0 Å². The molecule has 4 aliphatic rings. The molecule has 6 rings (SSSR count). The molecule has 154 valence electrons. The number of aromatic amines is 1. The maximum absolute atomic E-state index is 13.3. The number of aliphatic carboxylic acids is 1. The van der Waals surface area contributed by atoms with Crippen LogP contribution in [0.15, 0.2) is 11.0 Å². The molecule has 3 atom stereocenters. The lowest BCUT2D eigenvalue weighted by Crippen LogP contribution is -2.63. The third kappa shape index (κ3) is 2.64. The van der Waals surface area contributed by atoms with E-state index in [9.17, 15) is 14.7 Å². The van der Waals surface area contributed by atoms with Gasteiger partial charge in [0.15, 0.2) is 0 Å². The second kappa shape index (κ2) is 6.32. The van der Waals surface area contributed by atoms with Crippen LogP contribution in [-0.4, -0.2) is 31.1 Å². The van der Waals surface area contributed by atoms with E-state index in [1.807, 2.05) is 13.8 Å². The van der Waals surface area contributed by atoms with Crippen LogP contribution in [0.5, 0.6) is 0 Å². The molecule has 0 saturated heterocycles. The van der Waals surface area contributed by atoms with Crippen LogP contribution >= 0.6 is 11.6 Å². The second-order valence-corrected chi connectivity index (χ2v) is 9.43. The fourth-order valence-corrected chi connectivity index (χ4v) is 6.62. The van der Waals surface area contributed by atoms with Gasteiger partial charge >= 0.3 is 5.97 Å². The molecular weight excluding hydrogens is 394 g/mol. The number of anilines is 2. The van der Waals surface area contributed by atoms with Crippen LogP contribution in [-0.2, 0) is 10.3 Å². The van der Waals surface area contributed by atoms with Gasteiger partial charge in [0, 0.05) is 0 Å². The largest absolute Gasteiger partial charge is 0.481 e. The number of halogens is 1. The first-order valence-electron chi connectivity index (χ1n) is 10.1. The van der Waals surface area contributed by atoms with Gasteiger partial charge in [-0.1, -0.05) is 11.6 Å². The van der Waals surface area contributed by atoms with Crippen molar-refractivity contribution in [2.24, 2.45) is 23.7 Å². The Balaban J connectivity index is 1.59. The SMILES string of the molecule is Cc1n[nH]c(C)c1Nc1cnn(C23C[C@@H]4CC(C[C@H](C4)C2)[C@@H]3C(=O)O)c(=O)c1Cl. The van der Waals surface area contributed by atoms with Gasteiger partial charge < -0.3 is 10.4 Å². The number of H-pyrrole nitrogens is 1. The van der Waals surface area contributed by atoms with Crippen LogP contribution in [0.1, 0.15) is 43.5 Å². The molecule has 4 fully saturated rings. The van der Waals surface area contributed by atoms with Gasteiger partial charge in [-0.2, -0.15) is 10.2 Å². The monoisotopic (exact) mass is 417 g/mol. The average Bonchev–Trinajstić information content (AvgIpc) is 2.96. The third-order valence-electron chi connectivity index (χ3n) is 7.27. The van der Waals surface area contributed by atoms with Gasteiger partial charge in [-0.15, -0.1) is 0 Å². The van der Waals surface area contributed by atoms with Gasteiger partial charge in [-0.3, -0.25) is 14.7 Å². The molecule has 0 spiro atoms. The van der Waals surface area contributed by atoms with Gasteiger partial charge in [-0.25, -0.2) is 4.68 Å². The predicted molar refractivity (Wildman–Crippen MR) is 108 cm³/mol. The number of hydrogen-bond acceptors (Lipinski definition) is 5. The number of aromatic nitrogens is 4. The Bertz CT molecular complexity index is 1030. The Morgan fingerprint density at radius 3 is 2.59 bits per heavy atom. The molecule has 3 N–H and O–H groups in total. The fraction of sp³-hybridized carbons (Fsp3) is 0.600. The summed E-state index contributed by atoms with van der Waals surface area (Å²) in [6.07, 6.45) is 5.92. The van der Waals surface area contributed by atoms with Gasteiger partial charge in [0.25, 0.3) is 5.56 Å². The lowest BCUT2D eigenvalue weighted by Gasteiger charge is -2.59. The Morgan fingerprint density at radius 2 is 2.00 bits per heavy atom. The topological polar surface area (TPSA) is 113 Å². The van der Waals surface area contributed by atoms with Gasteiger partial charge in [0.2, 0.25) is 0 Å². The number of nitrogens with zero attached hydrogens (tertiary/aromatic N) is 3. The Morgan fingerprint density at radius 1 is 1.31 bits per heavy atom. The van der Waals surface area contributed by atoms with E-state index in [0.29, 0.717) is 30.4 Å². The molecule has 0 unspecified atom stereocenters. The Labute approximate surface area is 172 Å². The molecule has 29 heavy (non-hydrogen) atoms. The highest BCUT2D eigenvalue weighted by molar-refractivity contribution is 6.33. The van der Waals surface area contributed by atoms with Crippen molar-refractivity contribution >= 4 is 28.9 Å². The molecule has 0 amide bonds. The molecule has 9 heteroatoms. The maximum Gasteiger partial charge on any atom is 0.309 e. The highest BCUT2D eigenvalue weighted by Crippen LogP contribution is 2.61. The zero-order valence-electron chi connectivity index (χ0n) is 16.4. The first-order valence-corrected chi connectivity index (χ1v) is 10.5. The van der Waals surface area contributed by atoms with Crippen molar-refractivity contribution in [1.82, 2.24) is 20.0 Å². The van der Waals surface area contributed by atoms with Crippen molar-refractivity contribution in [1.29, 1.82) is 0 Å². The molecule has 4 aliphatic carbocycles. The maximum atomic E-state index is 13.3. The van der Waals surface area contributed by atoms with Crippen LogP contribution in [0.2, 0.25) is 5.02 Å². The molecule has 0 radical (unpaired) electrons. The first kappa shape index (κ1) is 18.7. The number of hydrogen-bond donors (Lipinski definition) is 3. The summed E-state index contributed by atoms with van der Waals surface area (Å²) in [4.78, 5) is 25.5. The highest BCUT2D eigenvalue weighted by Gasteiger charge is 2.61. The van der Waals surface area contributed by atoms with E-state index in [2.05, 4.69) is 20.6 Å². The molecule has 2 aromatic rings. The van der Waals surface area contributed by atoms with Crippen molar-refractivity contribution in [2.45, 2.75) is 51.5 Å². The normalized spacial score (nSPS) is 32.5. The van der Waals surface area contributed by atoms with Crippen molar-refractivity contribution in [3.8, 4) is 0 Å². The van der Waals surface area contributed by atoms with Gasteiger partial charge in [-0.05, 0) is 63.7 Å². The predicted octanol–water partition coefficient (Wildman–Crippen LogP) is 3.22. The minimum absolute atomic E-state index is 0.0277.